The lowest BCUT2D eigenvalue weighted by atomic mass is 9.73. The van der Waals surface area contributed by atoms with E-state index in [0.29, 0.717) is 70.7 Å². The summed E-state index contributed by atoms with van der Waals surface area (Å²) in [6.07, 6.45) is 4.96. The van der Waals surface area contributed by atoms with Gasteiger partial charge in [0.1, 0.15) is 18.2 Å². The van der Waals surface area contributed by atoms with Crippen molar-refractivity contribution in [1.82, 2.24) is 20.3 Å². The fourth-order valence-corrected chi connectivity index (χ4v) is 6.29. The van der Waals surface area contributed by atoms with Gasteiger partial charge in [0, 0.05) is 49.9 Å². The highest BCUT2D eigenvalue weighted by Crippen LogP contribution is 2.38. The van der Waals surface area contributed by atoms with Gasteiger partial charge >= 0.3 is 0 Å². The van der Waals surface area contributed by atoms with Crippen molar-refractivity contribution in [3.8, 4) is 11.5 Å². The molecule has 1 amide bonds. The first-order valence-corrected chi connectivity index (χ1v) is 15.0. The Labute approximate surface area is 254 Å². The van der Waals surface area contributed by atoms with E-state index in [0.717, 1.165) is 48.3 Å². The van der Waals surface area contributed by atoms with Crippen LogP contribution in [0.4, 0.5) is 13.2 Å². The number of amides is 1. The Balaban J connectivity index is 1.24. The van der Waals surface area contributed by atoms with E-state index in [1.165, 1.54) is 5.56 Å². The van der Waals surface area contributed by atoms with E-state index in [1.54, 1.807) is 7.11 Å². The molecule has 9 nitrogen and oxygen atoms in total. The summed E-state index contributed by atoms with van der Waals surface area (Å²) in [4.78, 5) is 22.1. The van der Waals surface area contributed by atoms with Crippen LogP contribution in [0.1, 0.15) is 36.8 Å². The highest BCUT2D eigenvalue weighted by Gasteiger charge is 2.40. The molecule has 5 rings (SSSR count). The minimum atomic E-state index is -1.09. The summed E-state index contributed by atoms with van der Waals surface area (Å²) in [5, 5.41) is 10.7. The average Bonchev–Trinajstić information content (AvgIpc) is 3.03. The van der Waals surface area contributed by atoms with Crippen LogP contribution in [0.3, 0.4) is 0 Å². The number of piperidine rings is 1. The molecule has 3 aromatic rings. The quantitative estimate of drug-likeness (QED) is 0.227. The van der Waals surface area contributed by atoms with Gasteiger partial charge < -0.3 is 14.2 Å². The number of likely N-dealkylation sites (tertiary alicyclic amines) is 1. The molecular formula is C32H39F3N4O5. The molecule has 12 heteroatoms. The van der Waals surface area contributed by atoms with E-state index in [9.17, 15) is 23.2 Å². The number of hydrogen-bond donors (Lipinski definition) is 2. The summed E-state index contributed by atoms with van der Waals surface area (Å²) in [5.41, 5.74) is 4.32. The average molecular weight is 617 g/mol. The van der Waals surface area contributed by atoms with Gasteiger partial charge in [-0.1, -0.05) is 0 Å². The Morgan fingerprint density at radius 1 is 1.07 bits per heavy atom. The summed E-state index contributed by atoms with van der Waals surface area (Å²) >= 11 is 0. The number of nitrogens with zero attached hydrogens (tertiary/aromatic N) is 3. The van der Waals surface area contributed by atoms with Crippen LogP contribution in [-0.2, 0) is 22.5 Å². The molecule has 44 heavy (non-hydrogen) atoms. The molecule has 0 spiro atoms. The number of pyridine rings is 1. The van der Waals surface area contributed by atoms with Gasteiger partial charge in [0.15, 0.2) is 17.4 Å². The summed E-state index contributed by atoms with van der Waals surface area (Å²) in [6.45, 7) is 5.33. The van der Waals surface area contributed by atoms with Crippen LogP contribution in [0.25, 0.3) is 10.9 Å². The Kier molecular flexibility index (Phi) is 10.6. The van der Waals surface area contributed by atoms with E-state index in [-0.39, 0.29) is 6.61 Å². The zero-order chi connectivity index (χ0) is 31.1. The lowest BCUT2D eigenvalue weighted by molar-refractivity contribution is -0.143. The van der Waals surface area contributed by atoms with Crippen LogP contribution in [0.2, 0.25) is 0 Å². The number of fused-ring (bicyclic) bond motifs is 1. The second kappa shape index (κ2) is 14.6. The maximum Gasteiger partial charge on any atom is 0.249 e. The van der Waals surface area contributed by atoms with Crippen molar-refractivity contribution < 1.29 is 37.4 Å². The molecule has 2 fully saturated rings. The normalized spacial score (nSPS) is 17.5. The first kappa shape index (κ1) is 32.0. The van der Waals surface area contributed by atoms with Crippen molar-refractivity contribution in [2.75, 3.05) is 59.7 Å². The number of aryl methyl sites for hydroxylation is 1. The van der Waals surface area contributed by atoms with E-state index < -0.39 is 34.5 Å². The van der Waals surface area contributed by atoms with Crippen LogP contribution in [-0.4, -0.2) is 85.6 Å². The molecule has 0 aliphatic carbocycles. The molecule has 1 aromatic heterocycles. The SMILES string of the molecule is COc1ccc2ncc(CN3CCOCC3)c(CCCC3(C(=O)NO)CCN(CCOc4c(F)cc(F)cc4F)CC3)c2c1. The van der Waals surface area contributed by atoms with Crippen LogP contribution in [0.15, 0.2) is 36.5 Å². The first-order chi connectivity index (χ1) is 21.3. The summed E-state index contributed by atoms with van der Waals surface area (Å²) in [6, 6.07) is 7.03. The van der Waals surface area contributed by atoms with Gasteiger partial charge in [0.25, 0.3) is 0 Å². The predicted octanol–water partition coefficient (Wildman–Crippen LogP) is 4.48. The first-order valence-electron chi connectivity index (χ1n) is 15.0. The molecule has 238 valence electrons. The summed E-state index contributed by atoms with van der Waals surface area (Å²) < 4.78 is 57.3. The number of rotatable bonds is 12. The maximum atomic E-state index is 13.9. The molecule has 0 radical (unpaired) electrons. The number of hydroxylamine groups is 1. The van der Waals surface area contributed by atoms with Crippen molar-refractivity contribution in [2.45, 2.75) is 38.6 Å². The van der Waals surface area contributed by atoms with E-state index in [4.69, 9.17) is 19.2 Å². The van der Waals surface area contributed by atoms with Gasteiger partial charge in [-0.3, -0.25) is 24.8 Å². The molecule has 0 unspecified atom stereocenters. The van der Waals surface area contributed by atoms with Gasteiger partial charge in [-0.25, -0.2) is 18.7 Å². The fraction of sp³-hybridized carbons (Fsp3) is 0.500. The Bertz CT molecular complexity index is 1420. The van der Waals surface area contributed by atoms with E-state index in [2.05, 4.69) is 4.90 Å². The molecule has 0 saturated carbocycles. The van der Waals surface area contributed by atoms with Gasteiger partial charge in [-0.05, 0) is 74.5 Å². The number of hydrogen-bond acceptors (Lipinski definition) is 8. The molecule has 2 saturated heterocycles. The lowest BCUT2D eigenvalue weighted by Gasteiger charge is -2.40. The Hall–Kier alpha value is -3.45. The molecule has 0 bridgehead atoms. The number of morpholine rings is 1. The number of benzene rings is 2. The van der Waals surface area contributed by atoms with E-state index in [1.807, 2.05) is 34.8 Å². The predicted molar refractivity (Wildman–Crippen MR) is 157 cm³/mol. The van der Waals surface area contributed by atoms with E-state index >= 15 is 0 Å². The number of halogens is 3. The molecule has 3 heterocycles. The number of aromatic nitrogens is 1. The third-order valence-corrected chi connectivity index (χ3v) is 8.87. The van der Waals surface area contributed by atoms with Gasteiger partial charge in [0.05, 0.1) is 31.3 Å². The van der Waals surface area contributed by atoms with Gasteiger partial charge in [0.2, 0.25) is 5.91 Å². The van der Waals surface area contributed by atoms with Crippen LogP contribution in [0.5, 0.6) is 11.5 Å². The van der Waals surface area contributed by atoms with Crippen molar-refractivity contribution in [3.63, 3.8) is 0 Å². The molecular weight excluding hydrogens is 577 g/mol. The number of carbonyl (C=O) groups is 1. The molecule has 2 aromatic carbocycles. The summed E-state index contributed by atoms with van der Waals surface area (Å²) in [5.74, 6) is -3.44. The maximum absolute atomic E-state index is 13.9. The second-order valence-electron chi connectivity index (χ2n) is 11.5. The molecule has 2 aliphatic heterocycles. The lowest BCUT2D eigenvalue weighted by Crippen LogP contribution is -2.49. The Morgan fingerprint density at radius 3 is 2.48 bits per heavy atom. The van der Waals surface area contributed by atoms with Gasteiger partial charge in [-0.15, -0.1) is 0 Å². The van der Waals surface area contributed by atoms with Crippen LogP contribution >= 0.6 is 0 Å². The monoisotopic (exact) mass is 616 g/mol. The fourth-order valence-electron chi connectivity index (χ4n) is 6.29. The van der Waals surface area contributed by atoms with Crippen LogP contribution < -0.4 is 15.0 Å². The van der Waals surface area contributed by atoms with Crippen molar-refractivity contribution >= 4 is 16.8 Å². The minimum Gasteiger partial charge on any atom is -0.497 e. The number of ether oxygens (including phenoxy) is 3. The zero-order valence-corrected chi connectivity index (χ0v) is 24.9. The van der Waals surface area contributed by atoms with Crippen molar-refractivity contribution in [3.05, 3.63) is 65.1 Å². The standard InChI is InChI=1S/C32H39F3N4O5/c1-42-24-4-5-29-26(19-24)25(22(20-36-29)21-39-11-14-43-15-12-39)3-2-6-32(31(40)37-41)7-9-38(10-8-32)13-16-44-30-27(34)17-23(33)18-28(30)35/h4-5,17-20,41H,2-3,6-16,21H2,1H3,(H,37,40). The number of nitrogens with one attached hydrogen (secondary N) is 1. The molecule has 2 N–H and O–H groups in total. The topological polar surface area (TPSA) is 96.4 Å². The smallest absolute Gasteiger partial charge is 0.249 e. The van der Waals surface area contributed by atoms with Crippen molar-refractivity contribution in [1.29, 1.82) is 0 Å². The zero-order valence-electron chi connectivity index (χ0n) is 24.9. The highest BCUT2D eigenvalue weighted by atomic mass is 19.1. The Morgan fingerprint density at radius 2 is 1.80 bits per heavy atom. The van der Waals surface area contributed by atoms with Crippen molar-refractivity contribution in [2.24, 2.45) is 5.41 Å². The highest BCUT2D eigenvalue weighted by molar-refractivity contribution is 5.85. The number of carbonyl (C=O) groups excluding carboxylic acids is 1. The van der Waals surface area contributed by atoms with Crippen LogP contribution in [0, 0.1) is 22.9 Å². The third-order valence-electron chi connectivity index (χ3n) is 8.87. The largest absolute Gasteiger partial charge is 0.497 e. The minimum absolute atomic E-state index is 0.00314. The molecule has 2 aliphatic rings. The second-order valence-corrected chi connectivity index (χ2v) is 11.5. The van der Waals surface area contributed by atoms with Gasteiger partial charge in [-0.2, -0.15) is 0 Å². The molecule has 0 atom stereocenters. The number of methoxy groups -OCH3 is 1. The third kappa shape index (κ3) is 7.43. The summed E-state index contributed by atoms with van der Waals surface area (Å²) in [7, 11) is 1.64.